The number of amides is 1. The predicted octanol–water partition coefficient (Wildman–Crippen LogP) is 1.22. The van der Waals surface area contributed by atoms with E-state index in [-0.39, 0.29) is 12.3 Å². The van der Waals surface area contributed by atoms with Crippen molar-refractivity contribution in [3.8, 4) is 12.3 Å². The second-order valence-corrected chi connectivity index (χ2v) is 3.83. The summed E-state index contributed by atoms with van der Waals surface area (Å²) in [5.41, 5.74) is 1.71. The summed E-state index contributed by atoms with van der Waals surface area (Å²) >= 11 is 4.92. The minimum Gasteiger partial charge on any atom is -0.363 e. The second kappa shape index (κ2) is 6.66. The van der Waals surface area contributed by atoms with Crippen molar-refractivity contribution in [3.63, 3.8) is 0 Å². The predicted molar refractivity (Wildman–Crippen MR) is 72.5 cm³/mol. The van der Waals surface area contributed by atoms with E-state index >= 15 is 0 Å². The second-order valence-electron chi connectivity index (χ2n) is 3.43. The Morgan fingerprint density at radius 1 is 1.41 bits per heavy atom. The molecule has 0 saturated heterocycles. The van der Waals surface area contributed by atoms with E-state index in [0.717, 1.165) is 11.1 Å². The molecule has 0 atom stereocenters. The smallest absolute Gasteiger partial charge is 0.230 e. The van der Waals surface area contributed by atoms with Crippen molar-refractivity contribution in [2.45, 2.75) is 13.3 Å². The molecule has 0 radical (unpaired) electrons. The third-order valence-corrected chi connectivity index (χ3v) is 2.32. The third-order valence-electron chi connectivity index (χ3n) is 2.08. The van der Waals surface area contributed by atoms with Crippen LogP contribution in [0.4, 0.5) is 0 Å². The zero-order chi connectivity index (χ0) is 12.7. The summed E-state index contributed by atoms with van der Waals surface area (Å²) in [5, 5.41) is 5.81. The highest BCUT2D eigenvalue weighted by molar-refractivity contribution is 7.80. The van der Waals surface area contributed by atoms with Gasteiger partial charge in [-0.25, -0.2) is 0 Å². The molecule has 17 heavy (non-hydrogen) atoms. The van der Waals surface area contributed by atoms with Crippen LogP contribution in [-0.2, 0) is 11.2 Å². The van der Waals surface area contributed by atoms with Gasteiger partial charge in [0.2, 0.25) is 5.91 Å². The molecule has 0 aliphatic heterocycles. The van der Waals surface area contributed by atoms with Crippen molar-refractivity contribution in [2.75, 3.05) is 6.54 Å². The van der Waals surface area contributed by atoms with Gasteiger partial charge >= 0.3 is 0 Å². The molecule has 0 spiro atoms. The van der Waals surface area contributed by atoms with Crippen LogP contribution in [0.15, 0.2) is 24.3 Å². The number of hydrogen-bond acceptors (Lipinski definition) is 2. The molecule has 1 amide bonds. The van der Waals surface area contributed by atoms with E-state index in [2.05, 4.69) is 16.6 Å². The number of nitrogens with one attached hydrogen (secondary N) is 2. The van der Waals surface area contributed by atoms with Gasteiger partial charge in [0.05, 0.1) is 6.42 Å². The first-order valence-electron chi connectivity index (χ1n) is 5.29. The first kappa shape index (κ1) is 13.2. The van der Waals surface area contributed by atoms with E-state index in [1.165, 1.54) is 0 Å². The monoisotopic (exact) mass is 246 g/mol. The highest BCUT2D eigenvalue weighted by Crippen LogP contribution is 2.03. The lowest BCUT2D eigenvalue weighted by Crippen LogP contribution is -2.39. The van der Waals surface area contributed by atoms with Crippen molar-refractivity contribution in [1.82, 2.24) is 10.6 Å². The quantitative estimate of drug-likeness (QED) is 0.622. The Bertz CT molecular complexity index is 445. The number of hydrogen-bond donors (Lipinski definition) is 2. The maximum atomic E-state index is 11.6. The van der Waals surface area contributed by atoms with Crippen molar-refractivity contribution >= 4 is 23.2 Å². The van der Waals surface area contributed by atoms with Gasteiger partial charge in [0.1, 0.15) is 0 Å². The molecular weight excluding hydrogens is 232 g/mol. The zero-order valence-electron chi connectivity index (χ0n) is 9.62. The standard InChI is InChI=1S/C13H14N2OS/c1-3-10-5-7-11(8-6-10)9-12(16)15-13(17)14-4-2/h1,5-8H,4,9H2,2H3,(H2,14,15,16,17). The molecule has 1 rings (SSSR count). The maximum Gasteiger partial charge on any atom is 0.230 e. The summed E-state index contributed by atoms with van der Waals surface area (Å²) in [6.45, 7) is 2.60. The van der Waals surface area contributed by atoms with Crippen molar-refractivity contribution in [2.24, 2.45) is 0 Å². The Morgan fingerprint density at radius 3 is 2.59 bits per heavy atom. The van der Waals surface area contributed by atoms with Crippen LogP contribution in [0, 0.1) is 12.3 Å². The molecule has 0 unspecified atom stereocenters. The number of rotatable bonds is 3. The fourth-order valence-corrected chi connectivity index (χ4v) is 1.54. The molecular formula is C13H14N2OS. The molecule has 0 aliphatic carbocycles. The van der Waals surface area contributed by atoms with Crippen LogP contribution in [0.25, 0.3) is 0 Å². The van der Waals surface area contributed by atoms with Gasteiger partial charge in [0, 0.05) is 12.1 Å². The molecule has 0 aromatic heterocycles. The van der Waals surface area contributed by atoms with Crippen LogP contribution in [-0.4, -0.2) is 17.6 Å². The summed E-state index contributed by atoms with van der Waals surface area (Å²) < 4.78 is 0. The van der Waals surface area contributed by atoms with Gasteiger partial charge in [-0.3, -0.25) is 4.79 Å². The fourth-order valence-electron chi connectivity index (χ4n) is 1.28. The van der Waals surface area contributed by atoms with Crippen molar-refractivity contribution in [3.05, 3.63) is 35.4 Å². The Kier molecular flexibility index (Phi) is 5.18. The first-order valence-corrected chi connectivity index (χ1v) is 5.69. The Morgan fingerprint density at radius 2 is 2.06 bits per heavy atom. The van der Waals surface area contributed by atoms with Crippen LogP contribution in [0.5, 0.6) is 0 Å². The summed E-state index contributed by atoms with van der Waals surface area (Å²) in [5.74, 6) is 2.39. The zero-order valence-corrected chi connectivity index (χ0v) is 10.4. The summed E-state index contributed by atoms with van der Waals surface area (Å²) in [6, 6.07) is 7.30. The Hall–Kier alpha value is -1.86. The highest BCUT2D eigenvalue weighted by atomic mass is 32.1. The Balaban J connectivity index is 2.51. The lowest BCUT2D eigenvalue weighted by molar-refractivity contribution is -0.119. The molecule has 0 heterocycles. The minimum atomic E-state index is -0.135. The average molecular weight is 246 g/mol. The van der Waals surface area contributed by atoms with Gasteiger partial charge in [0.25, 0.3) is 0 Å². The summed E-state index contributed by atoms with van der Waals surface area (Å²) in [6.07, 6.45) is 5.53. The number of benzene rings is 1. The van der Waals surface area contributed by atoms with Crippen LogP contribution >= 0.6 is 12.2 Å². The molecule has 3 nitrogen and oxygen atoms in total. The van der Waals surface area contributed by atoms with Crippen molar-refractivity contribution < 1.29 is 4.79 Å². The van der Waals surface area contributed by atoms with E-state index in [1.54, 1.807) is 0 Å². The highest BCUT2D eigenvalue weighted by Gasteiger charge is 2.04. The molecule has 2 N–H and O–H groups in total. The van der Waals surface area contributed by atoms with Gasteiger partial charge in [-0.05, 0) is 36.8 Å². The lowest BCUT2D eigenvalue weighted by atomic mass is 10.1. The summed E-state index contributed by atoms with van der Waals surface area (Å²) in [4.78, 5) is 11.6. The molecule has 1 aromatic rings. The molecule has 0 bridgehead atoms. The van der Waals surface area contributed by atoms with E-state index in [9.17, 15) is 4.79 Å². The van der Waals surface area contributed by atoms with Gasteiger partial charge in [-0.15, -0.1) is 6.42 Å². The lowest BCUT2D eigenvalue weighted by Gasteiger charge is -2.07. The first-order chi connectivity index (χ1) is 8.15. The van der Waals surface area contributed by atoms with Crippen LogP contribution in [0.1, 0.15) is 18.1 Å². The summed E-state index contributed by atoms with van der Waals surface area (Å²) in [7, 11) is 0. The van der Waals surface area contributed by atoms with E-state index < -0.39 is 0 Å². The average Bonchev–Trinajstić information content (AvgIpc) is 2.30. The Labute approximate surface area is 107 Å². The molecule has 4 heteroatoms. The third kappa shape index (κ3) is 4.66. The van der Waals surface area contributed by atoms with Gasteiger partial charge in [-0.1, -0.05) is 18.1 Å². The molecule has 0 saturated carbocycles. The minimum absolute atomic E-state index is 0.135. The van der Waals surface area contributed by atoms with E-state index in [0.29, 0.717) is 11.7 Å². The number of carbonyl (C=O) groups is 1. The molecule has 0 fully saturated rings. The molecule has 1 aromatic carbocycles. The van der Waals surface area contributed by atoms with E-state index in [4.69, 9.17) is 18.6 Å². The maximum absolute atomic E-state index is 11.6. The fraction of sp³-hybridized carbons (Fsp3) is 0.231. The largest absolute Gasteiger partial charge is 0.363 e. The normalized spacial score (nSPS) is 9.18. The molecule has 0 aliphatic rings. The molecule has 88 valence electrons. The van der Waals surface area contributed by atoms with Gasteiger partial charge in [-0.2, -0.15) is 0 Å². The van der Waals surface area contributed by atoms with Gasteiger partial charge < -0.3 is 10.6 Å². The number of carbonyl (C=O) groups excluding carboxylic acids is 1. The SMILES string of the molecule is C#Cc1ccc(CC(=O)NC(=S)NCC)cc1. The van der Waals surface area contributed by atoms with Crippen LogP contribution in [0.2, 0.25) is 0 Å². The van der Waals surface area contributed by atoms with Crippen LogP contribution in [0.3, 0.4) is 0 Å². The van der Waals surface area contributed by atoms with E-state index in [1.807, 2.05) is 31.2 Å². The number of terminal acetylenes is 1. The number of thiocarbonyl (C=S) groups is 1. The topological polar surface area (TPSA) is 41.1 Å². The van der Waals surface area contributed by atoms with Gasteiger partial charge in [0.15, 0.2) is 5.11 Å². The van der Waals surface area contributed by atoms with Crippen LogP contribution < -0.4 is 10.6 Å². The van der Waals surface area contributed by atoms with Crippen molar-refractivity contribution in [1.29, 1.82) is 0 Å².